The number of nitrogens with zero attached hydrogens (tertiary/aromatic N) is 4. The quantitative estimate of drug-likeness (QED) is 0.482. The summed E-state index contributed by atoms with van der Waals surface area (Å²) in [6, 6.07) is 13.7. The predicted octanol–water partition coefficient (Wildman–Crippen LogP) is 3.24. The van der Waals surface area contributed by atoms with Crippen LogP contribution in [-0.4, -0.2) is 78.4 Å². The van der Waals surface area contributed by atoms with Crippen molar-refractivity contribution in [1.82, 2.24) is 24.9 Å². The van der Waals surface area contributed by atoms with Gasteiger partial charge in [-0.25, -0.2) is 0 Å². The van der Waals surface area contributed by atoms with Crippen molar-refractivity contribution in [3.05, 3.63) is 59.8 Å². The highest BCUT2D eigenvalue weighted by Crippen LogP contribution is 2.19. The van der Waals surface area contributed by atoms with Crippen LogP contribution in [0.25, 0.3) is 10.9 Å². The van der Waals surface area contributed by atoms with E-state index in [1.165, 1.54) is 13.0 Å². The molecule has 1 saturated heterocycles. The molecule has 1 aliphatic heterocycles. The van der Waals surface area contributed by atoms with Crippen LogP contribution < -0.4 is 10.1 Å². The third kappa shape index (κ3) is 6.12. The van der Waals surface area contributed by atoms with E-state index in [9.17, 15) is 4.79 Å². The average molecular weight is 450 g/mol. The van der Waals surface area contributed by atoms with E-state index in [0.29, 0.717) is 18.7 Å². The molecule has 7 nitrogen and oxygen atoms in total. The van der Waals surface area contributed by atoms with Crippen molar-refractivity contribution in [1.29, 1.82) is 0 Å². The van der Waals surface area contributed by atoms with Gasteiger partial charge in [-0.2, -0.15) is 5.10 Å². The molecule has 0 bridgehead atoms. The van der Waals surface area contributed by atoms with Crippen LogP contribution in [0.1, 0.15) is 35.7 Å². The molecule has 0 spiro atoms. The number of amides is 1. The molecular formula is C26H35N5O2. The molecule has 7 heteroatoms. The number of carbonyl (C=O) groups is 1. The zero-order valence-electron chi connectivity index (χ0n) is 19.8. The molecule has 0 unspecified atom stereocenters. The lowest BCUT2D eigenvalue weighted by molar-refractivity contribution is 0.0948. The number of carbonyl (C=O) groups excluding carboxylic acids is 1. The Kier molecular flexibility index (Phi) is 7.96. The maximum atomic E-state index is 12.8. The molecule has 1 fully saturated rings. The first-order valence-electron chi connectivity index (χ1n) is 12.0. The SMILES string of the molecule is CCCN1CCN(CCCNC(=O)c2ccc3cnn(Cc4cccc(OC)c4)c3c2)CC1. The molecule has 4 rings (SSSR count). The Morgan fingerprint density at radius 3 is 2.61 bits per heavy atom. The number of rotatable bonds is 10. The maximum absolute atomic E-state index is 12.8. The Bertz CT molecular complexity index is 1060. The molecular weight excluding hydrogens is 414 g/mol. The summed E-state index contributed by atoms with van der Waals surface area (Å²) in [5, 5.41) is 8.64. The molecule has 0 saturated carbocycles. The van der Waals surface area contributed by atoms with Crippen LogP contribution in [0.4, 0.5) is 0 Å². The normalized spacial score (nSPS) is 15.1. The third-order valence-electron chi connectivity index (χ3n) is 6.31. The first-order valence-corrected chi connectivity index (χ1v) is 12.0. The van der Waals surface area contributed by atoms with Crippen LogP contribution in [-0.2, 0) is 6.54 Å². The van der Waals surface area contributed by atoms with Gasteiger partial charge >= 0.3 is 0 Å². The summed E-state index contributed by atoms with van der Waals surface area (Å²) in [6.07, 6.45) is 4.03. The molecule has 2 aromatic carbocycles. The van der Waals surface area contributed by atoms with Gasteiger partial charge in [-0.15, -0.1) is 0 Å². The smallest absolute Gasteiger partial charge is 0.251 e. The monoisotopic (exact) mass is 449 g/mol. The van der Waals surface area contributed by atoms with E-state index >= 15 is 0 Å². The van der Waals surface area contributed by atoms with Crippen molar-refractivity contribution in [2.75, 3.05) is 52.9 Å². The summed E-state index contributed by atoms with van der Waals surface area (Å²) in [6.45, 7) is 10.4. The van der Waals surface area contributed by atoms with E-state index in [1.807, 2.05) is 47.3 Å². The summed E-state index contributed by atoms with van der Waals surface area (Å²) in [7, 11) is 1.67. The van der Waals surface area contributed by atoms with Crippen LogP contribution in [0.15, 0.2) is 48.7 Å². The highest BCUT2D eigenvalue weighted by molar-refractivity contribution is 5.97. The molecule has 33 heavy (non-hydrogen) atoms. The number of hydrogen-bond acceptors (Lipinski definition) is 5. The van der Waals surface area contributed by atoms with E-state index in [-0.39, 0.29) is 5.91 Å². The fraction of sp³-hybridized carbons (Fsp3) is 0.462. The number of aromatic nitrogens is 2. The zero-order chi connectivity index (χ0) is 23.0. The molecule has 1 aromatic heterocycles. The van der Waals surface area contributed by atoms with Gasteiger partial charge in [-0.05, 0) is 55.8 Å². The summed E-state index contributed by atoms with van der Waals surface area (Å²) in [5.41, 5.74) is 2.73. The first-order chi connectivity index (χ1) is 16.2. The Labute approximate surface area is 196 Å². The van der Waals surface area contributed by atoms with Crippen LogP contribution in [0, 0.1) is 0 Å². The number of hydrogen-bond donors (Lipinski definition) is 1. The number of nitrogens with one attached hydrogen (secondary N) is 1. The molecule has 2 heterocycles. The van der Waals surface area contributed by atoms with Crippen molar-refractivity contribution in [3.8, 4) is 5.75 Å². The van der Waals surface area contributed by atoms with Gasteiger partial charge in [0.1, 0.15) is 5.75 Å². The minimum atomic E-state index is -0.0289. The van der Waals surface area contributed by atoms with E-state index in [4.69, 9.17) is 4.74 Å². The molecule has 1 N–H and O–H groups in total. The highest BCUT2D eigenvalue weighted by atomic mass is 16.5. The third-order valence-corrected chi connectivity index (χ3v) is 6.31. The topological polar surface area (TPSA) is 62.6 Å². The van der Waals surface area contributed by atoms with Crippen molar-refractivity contribution < 1.29 is 9.53 Å². The number of ether oxygens (including phenoxy) is 1. The second kappa shape index (κ2) is 11.3. The second-order valence-electron chi connectivity index (χ2n) is 8.72. The average Bonchev–Trinajstić information content (AvgIpc) is 3.25. The number of benzene rings is 2. The van der Waals surface area contributed by atoms with E-state index in [1.54, 1.807) is 7.11 Å². The fourth-order valence-electron chi connectivity index (χ4n) is 4.44. The van der Waals surface area contributed by atoms with Gasteiger partial charge in [-0.1, -0.05) is 25.1 Å². The highest BCUT2D eigenvalue weighted by Gasteiger charge is 2.15. The molecule has 3 aromatic rings. The zero-order valence-corrected chi connectivity index (χ0v) is 19.8. The van der Waals surface area contributed by atoms with Crippen molar-refractivity contribution in [3.63, 3.8) is 0 Å². The predicted molar refractivity (Wildman–Crippen MR) is 132 cm³/mol. The van der Waals surface area contributed by atoms with Crippen LogP contribution in [0.5, 0.6) is 5.75 Å². The van der Waals surface area contributed by atoms with Gasteiger partial charge < -0.3 is 19.9 Å². The summed E-state index contributed by atoms with van der Waals surface area (Å²) in [5.74, 6) is 0.797. The Balaban J connectivity index is 1.30. The summed E-state index contributed by atoms with van der Waals surface area (Å²) in [4.78, 5) is 17.8. The molecule has 176 valence electrons. The molecule has 1 aliphatic rings. The van der Waals surface area contributed by atoms with Gasteiger partial charge in [-0.3, -0.25) is 9.48 Å². The lowest BCUT2D eigenvalue weighted by Gasteiger charge is -2.34. The summed E-state index contributed by atoms with van der Waals surface area (Å²) >= 11 is 0. The van der Waals surface area contributed by atoms with E-state index in [0.717, 1.165) is 61.4 Å². The number of methoxy groups -OCH3 is 1. The minimum absolute atomic E-state index is 0.0289. The lowest BCUT2D eigenvalue weighted by Crippen LogP contribution is -2.47. The minimum Gasteiger partial charge on any atom is -0.497 e. The number of piperazine rings is 1. The maximum Gasteiger partial charge on any atom is 0.251 e. The van der Waals surface area contributed by atoms with Crippen molar-refractivity contribution >= 4 is 16.8 Å². The molecule has 0 aliphatic carbocycles. The van der Waals surface area contributed by atoms with Gasteiger partial charge in [0, 0.05) is 43.7 Å². The van der Waals surface area contributed by atoms with Crippen LogP contribution in [0.2, 0.25) is 0 Å². The van der Waals surface area contributed by atoms with Gasteiger partial charge in [0.25, 0.3) is 5.91 Å². The van der Waals surface area contributed by atoms with Gasteiger partial charge in [0.15, 0.2) is 0 Å². The Hall–Kier alpha value is -2.90. The first kappa shape index (κ1) is 23.3. The summed E-state index contributed by atoms with van der Waals surface area (Å²) < 4.78 is 7.25. The molecule has 1 amide bonds. The Morgan fingerprint density at radius 2 is 1.85 bits per heavy atom. The molecule has 0 atom stereocenters. The van der Waals surface area contributed by atoms with Gasteiger partial charge in [0.2, 0.25) is 0 Å². The van der Waals surface area contributed by atoms with E-state index < -0.39 is 0 Å². The number of fused-ring (bicyclic) bond motifs is 1. The Morgan fingerprint density at radius 1 is 1.06 bits per heavy atom. The fourth-order valence-corrected chi connectivity index (χ4v) is 4.44. The standard InChI is InChI=1S/C26H35N5O2/c1-3-11-29-13-15-30(16-14-29)12-5-10-27-26(32)22-8-9-23-19-28-31(25(23)18-22)20-21-6-4-7-24(17-21)33-2/h4,6-9,17-19H,3,5,10-16,20H2,1-2H3,(H,27,32). The second-order valence-corrected chi connectivity index (χ2v) is 8.72. The van der Waals surface area contributed by atoms with Crippen LogP contribution >= 0.6 is 0 Å². The van der Waals surface area contributed by atoms with Crippen molar-refractivity contribution in [2.24, 2.45) is 0 Å². The van der Waals surface area contributed by atoms with Crippen LogP contribution in [0.3, 0.4) is 0 Å². The lowest BCUT2D eigenvalue weighted by atomic mass is 10.1. The largest absolute Gasteiger partial charge is 0.497 e. The van der Waals surface area contributed by atoms with Crippen molar-refractivity contribution in [2.45, 2.75) is 26.3 Å². The van der Waals surface area contributed by atoms with Gasteiger partial charge in [0.05, 0.1) is 25.4 Å². The van der Waals surface area contributed by atoms with E-state index in [2.05, 4.69) is 33.2 Å². The molecule has 0 radical (unpaired) electrons.